The molecule has 0 radical (unpaired) electrons. The van der Waals surface area contributed by atoms with Gasteiger partial charge in [0.05, 0.1) is 0 Å². The largest absolute Gasteiger partial charge is 0.326 e. The molecule has 0 saturated carbocycles. The molecule has 0 aromatic heterocycles. The molecule has 1 aromatic carbocycles. The molecular weight excluding hydrogens is 179 g/mol. The molecule has 1 aliphatic rings. The highest BCUT2D eigenvalue weighted by Gasteiger charge is 2.18. The Hall–Kier alpha value is -0.930. The molecule has 0 bridgehead atoms. The van der Waals surface area contributed by atoms with E-state index in [2.05, 4.69) is 4.90 Å². The number of likely N-dealkylation sites (tertiary alicyclic amines) is 1. The Labute approximate surface area is 83.5 Å². The van der Waals surface area contributed by atoms with Crippen LogP contribution in [0.15, 0.2) is 24.3 Å². The SMILES string of the molecule is N[C@H]1CCN(Cc2cccc(F)c2)C1. The van der Waals surface area contributed by atoms with Crippen molar-refractivity contribution in [2.75, 3.05) is 13.1 Å². The second-order valence-corrected chi connectivity index (χ2v) is 3.91. The van der Waals surface area contributed by atoms with Crippen molar-refractivity contribution in [2.24, 2.45) is 5.73 Å². The van der Waals surface area contributed by atoms with E-state index >= 15 is 0 Å². The van der Waals surface area contributed by atoms with Gasteiger partial charge in [-0.1, -0.05) is 12.1 Å². The van der Waals surface area contributed by atoms with Crippen LogP contribution in [0.1, 0.15) is 12.0 Å². The first-order chi connectivity index (χ1) is 6.74. The minimum atomic E-state index is -0.161. The molecule has 14 heavy (non-hydrogen) atoms. The second kappa shape index (κ2) is 4.07. The second-order valence-electron chi connectivity index (χ2n) is 3.91. The summed E-state index contributed by atoms with van der Waals surface area (Å²) in [7, 11) is 0. The lowest BCUT2D eigenvalue weighted by molar-refractivity contribution is 0.326. The van der Waals surface area contributed by atoms with Crippen molar-refractivity contribution in [3.63, 3.8) is 0 Å². The molecule has 76 valence electrons. The first-order valence-electron chi connectivity index (χ1n) is 4.96. The number of hydrogen-bond acceptors (Lipinski definition) is 2. The van der Waals surface area contributed by atoms with Crippen LogP contribution in [0, 0.1) is 5.82 Å². The molecule has 1 heterocycles. The molecule has 0 amide bonds. The van der Waals surface area contributed by atoms with E-state index in [1.807, 2.05) is 6.07 Å². The van der Waals surface area contributed by atoms with Gasteiger partial charge < -0.3 is 5.73 Å². The topological polar surface area (TPSA) is 29.3 Å². The third kappa shape index (κ3) is 2.30. The Morgan fingerprint density at radius 2 is 2.36 bits per heavy atom. The average Bonchev–Trinajstić information content (AvgIpc) is 2.51. The summed E-state index contributed by atoms with van der Waals surface area (Å²) in [4.78, 5) is 2.26. The maximum absolute atomic E-state index is 12.9. The number of nitrogens with zero attached hydrogens (tertiary/aromatic N) is 1. The lowest BCUT2D eigenvalue weighted by Crippen LogP contribution is -2.26. The molecule has 2 rings (SSSR count). The maximum atomic E-state index is 12.9. The van der Waals surface area contributed by atoms with Crippen LogP contribution in [0.3, 0.4) is 0 Å². The van der Waals surface area contributed by atoms with Crippen LogP contribution < -0.4 is 5.73 Å². The van der Waals surface area contributed by atoms with Gasteiger partial charge in [-0.25, -0.2) is 4.39 Å². The highest BCUT2D eigenvalue weighted by atomic mass is 19.1. The van der Waals surface area contributed by atoms with E-state index in [-0.39, 0.29) is 5.82 Å². The standard InChI is InChI=1S/C11H15FN2/c12-10-3-1-2-9(6-10)7-14-5-4-11(13)8-14/h1-3,6,11H,4-5,7-8,13H2/t11-/m0/s1. The predicted octanol–water partition coefficient (Wildman–Crippen LogP) is 1.36. The van der Waals surface area contributed by atoms with Gasteiger partial charge in [0, 0.05) is 25.7 Å². The van der Waals surface area contributed by atoms with E-state index in [1.165, 1.54) is 6.07 Å². The molecule has 1 saturated heterocycles. The van der Waals surface area contributed by atoms with Crippen LogP contribution in [-0.4, -0.2) is 24.0 Å². The fourth-order valence-corrected chi connectivity index (χ4v) is 1.90. The van der Waals surface area contributed by atoms with Crippen molar-refractivity contribution in [1.29, 1.82) is 0 Å². The van der Waals surface area contributed by atoms with Crippen LogP contribution in [0.25, 0.3) is 0 Å². The van der Waals surface area contributed by atoms with E-state index in [9.17, 15) is 4.39 Å². The zero-order valence-electron chi connectivity index (χ0n) is 8.12. The van der Waals surface area contributed by atoms with Gasteiger partial charge in [0.1, 0.15) is 5.82 Å². The van der Waals surface area contributed by atoms with E-state index in [4.69, 9.17) is 5.73 Å². The molecule has 0 aliphatic carbocycles. The zero-order chi connectivity index (χ0) is 9.97. The Morgan fingerprint density at radius 3 is 3.00 bits per heavy atom. The highest BCUT2D eigenvalue weighted by molar-refractivity contribution is 5.16. The molecule has 2 N–H and O–H groups in total. The molecule has 1 aliphatic heterocycles. The molecular formula is C11H15FN2. The third-order valence-corrected chi connectivity index (χ3v) is 2.60. The first-order valence-corrected chi connectivity index (χ1v) is 4.96. The molecule has 1 fully saturated rings. The summed E-state index contributed by atoms with van der Waals surface area (Å²) in [6.45, 7) is 2.76. The van der Waals surface area contributed by atoms with Crippen molar-refractivity contribution < 1.29 is 4.39 Å². The smallest absolute Gasteiger partial charge is 0.123 e. The lowest BCUT2D eigenvalue weighted by atomic mass is 10.2. The maximum Gasteiger partial charge on any atom is 0.123 e. The predicted molar refractivity (Wildman–Crippen MR) is 54.3 cm³/mol. The summed E-state index contributed by atoms with van der Waals surface area (Å²) >= 11 is 0. The lowest BCUT2D eigenvalue weighted by Gasteiger charge is -2.14. The summed E-state index contributed by atoms with van der Waals surface area (Å²) in [5.41, 5.74) is 6.82. The van der Waals surface area contributed by atoms with E-state index in [1.54, 1.807) is 12.1 Å². The van der Waals surface area contributed by atoms with E-state index in [0.717, 1.165) is 31.6 Å². The van der Waals surface area contributed by atoms with Crippen LogP contribution in [-0.2, 0) is 6.54 Å². The number of halogens is 1. The van der Waals surface area contributed by atoms with Crippen molar-refractivity contribution in [2.45, 2.75) is 19.0 Å². The van der Waals surface area contributed by atoms with Crippen LogP contribution in [0.5, 0.6) is 0 Å². The van der Waals surface area contributed by atoms with Crippen molar-refractivity contribution in [3.8, 4) is 0 Å². The van der Waals surface area contributed by atoms with Gasteiger partial charge in [0.15, 0.2) is 0 Å². The monoisotopic (exact) mass is 194 g/mol. The van der Waals surface area contributed by atoms with Crippen molar-refractivity contribution in [3.05, 3.63) is 35.6 Å². The van der Waals surface area contributed by atoms with Gasteiger partial charge in [0.2, 0.25) is 0 Å². The van der Waals surface area contributed by atoms with Crippen LogP contribution in [0.4, 0.5) is 4.39 Å². The van der Waals surface area contributed by atoms with Crippen LogP contribution >= 0.6 is 0 Å². The molecule has 0 spiro atoms. The number of benzene rings is 1. The summed E-state index contributed by atoms with van der Waals surface area (Å²) in [5, 5.41) is 0. The minimum absolute atomic E-state index is 0.161. The normalized spacial score (nSPS) is 22.9. The highest BCUT2D eigenvalue weighted by Crippen LogP contribution is 2.12. The minimum Gasteiger partial charge on any atom is -0.326 e. The fourth-order valence-electron chi connectivity index (χ4n) is 1.90. The van der Waals surface area contributed by atoms with Gasteiger partial charge in [-0.2, -0.15) is 0 Å². The van der Waals surface area contributed by atoms with E-state index in [0.29, 0.717) is 6.04 Å². The van der Waals surface area contributed by atoms with E-state index < -0.39 is 0 Å². The Morgan fingerprint density at radius 1 is 1.50 bits per heavy atom. The molecule has 1 atom stereocenters. The summed E-state index contributed by atoms with van der Waals surface area (Å²) in [6, 6.07) is 7.06. The Balaban J connectivity index is 1.97. The average molecular weight is 194 g/mol. The van der Waals surface area contributed by atoms with Gasteiger partial charge in [-0.05, 0) is 24.1 Å². The number of hydrogen-bond donors (Lipinski definition) is 1. The number of nitrogens with two attached hydrogens (primary N) is 1. The molecule has 3 heteroatoms. The summed E-state index contributed by atoms with van der Waals surface area (Å²) in [6.07, 6.45) is 1.05. The first kappa shape index (κ1) is 9.62. The quantitative estimate of drug-likeness (QED) is 0.770. The molecule has 0 unspecified atom stereocenters. The van der Waals surface area contributed by atoms with Crippen molar-refractivity contribution in [1.82, 2.24) is 4.90 Å². The third-order valence-electron chi connectivity index (χ3n) is 2.60. The van der Waals surface area contributed by atoms with Crippen LogP contribution in [0.2, 0.25) is 0 Å². The van der Waals surface area contributed by atoms with Gasteiger partial charge in [0.25, 0.3) is 0 Å². The number of rotatable bonds is 2. The Bertz CT molecular complexity index is 314. The summed E-state index contributed by atoms with van der Waals surface area (Å²) in [5.74, 6) is -0.161. The van der Waals surface area contributed by atoms with Gasteiger partial charge >= 0.3 is 0 Å². The van der Waals surface area contributed by atoms with Gasteiger partial charge in [-0.15, -0.1) is 0 Å². The zero-order valence-corrected chi connectivity index (χ0v) is 8.12. The van der Waals surface area contributed by atoms with Gasteiger partial charge in [-0.3, -0.25) is 4.90 Å². The molecule has 2 nitrogen and oxygen atoms in total. The fraction of sp³-hybridized carbons (Fsp3) is 0.455. The Kier molecular flexibility index (Phi) is 2.79. The van der Waals surface area contributed by atoms with Crippen molar-refractivity contribution >= 4 is 0 Å². The summed E-state index contributed by atoms with van der Waals surface area (Å²) < 4.78 is 12.9. The molecule has 1 aromatic rings.